The molecule has 0 aliphatic heterocycles. The van der Waals surface area contributed by atoms with E-state index < -0.39 is 0 Å². The number of rotatable bonds is 2. The zero-order chi connectivity index (χ0) is 15.5. The third-order valence-corrected chi connectivity index (χ3v) is 3.24. The van der Waals surface area contributed by atoms with Gasteiger partial charge in [-0.15, -0.1) is 0 Å². The molecule has 1 heterocycles. The highest BCUT2D eigenvalue weighted by Gasteiger charge is 2.06. The predicted molar refractivity (Wildman–Crippen MR) is 85.9 cm³/mol. The number of nitrogens with one attached hydrogen (secondary N) is 1. The number of hydrogen-bond acceptors (Lipinski definition) is 3. The number of hydrogen-bond donors (Lipinski definition) is 2. The fourth-order valence-corrected chi connectivity index (χ4v) is 2.13. The number of guanidine groups is 1. The number of aliphatic imine (C=N–C) groups is 1. The molecule has 6 heteroatoms. The first kappa shape index (κ1) is 13.8. The van der Waals surface area contributed by atoms with Gasteiger partial charge in [-0.25, -0.2) is 9.98 Å². The maximum absolute atomic E-state index is 12.0. The highest BCUT2D eigenvalue weighted by molar-refractivity contribution is 6.05. The summed E-state index contributed by atoms with van der Waals surface area (Å²) in [6, 6.07) is 14.4. The standard InChI is InChI=1S/C16H15N5O/c1-21-10-18-13-8-7-12(9-14(13)21)19-16(17)20-15(22)11-5-3-2-4-6-11/h2-10H,1H3,(H3,17,19,20,22). The predicted octanol–water partition coefficient (Wildman–Crippen LogP) is 1.95. The molecule has 0 aliphatic carbocycles. The lowest BCUT2D eigenvalue weighted by molar-refractivity contribution is 0.0976. The molecule has 3 aromatic rings. The Labute approximate surface area is 127 Å². The summed E-state index contributed by atoms with van der Waals surface area (Å²) in [5, 5.41) is 2.57. The van der Waals surface area contributed by atoms with Gasteiger partial charge in [0.25, 0.3) is 5.91 Å². The second kappa shape index (κ2) is 5.69. The van der Waals surface area contributed by atoms with E-state index in [9.17, 15) is 4.79 Å². The molecule has 0 fully saturated rings. The van der Waals surface area contributed by atoms with Crippen molar-refractivity contribution in [3.8, 4) is 0 Å². The fraction of sp³-hybridized carbons (Fsp3) is 0.0625. The minimum Gasteiger partial charge on any atom is -0.369 e. The third-order valence-electron chi connectivity index (χ3n) is 3.24. The molecule has 0 spiro atoms. The van der Waals surface area contributed by atoms with Crippen LogP contribution in [0.2, 0.25) is 0 Å². The quantitative estimate of drug-likeness (QED) is 0.559. The van der Waals surface area contributed by atoms with Gasteiger partial charge in [0.15, 0.2) is 0 Å². The van der Waals surface area contributed by atoms with Gasteiger partial charge in [-0.1, -0.05) is 18.2 Å². The zero-order valence-electron chi connectivity index (χ0n) is 12.0. The Kier molecular flexibility index (Phi) is 3.57. The van der Waals surface area contributed by atoms with Gasteiger partial charge in [-0.05, 0) is 30.3 Å². The van der Waals surface area contributed by atoms with Crippen LogP contribution in [-0.2, 0) is 7.05 Å². The van der Waals surface area contributed by atoms with Gasteiger partial charge in [0.05, 0.1) is 23.0 Å². The monoisotopic (exact) mass is 293 g/mol. The van der Waals surface area contributed by atoms with Crippen LogP contribution >= 0.6 is 0 Å². The number of nitrogens with zero attached hydrogens (tertiary/aromatic N) is 3. The number of fused-ring (bicyclic) bond motifs is 1. The number of carbonyl (C=O) groups is 1. The minimum absolute atomic E-state index is 0.0513. The van der Waals surface area contributed by atoms with Crippen LogP contribution in [0.25, 0.3) is 11.0 Å². The number of aromatic nitrogens is 2. The summed E-state index contributed by atoms with van der Waals surface area (Å²) in [6.45, 7) is 0. The fourth-order valence-electron chi connectivity index (χ4n) is 2.13. The maximum Gasteiger partial charge on any atom is 0.257 e. The number of aryl methyl sites for hydroxylation is 1. The topological polar surface area (TPSA) is 85.3 Å². The van der Waals surface area contributed by atoms with Crippen molar-refractivity contribution in [2.45, 2.75) is 0 Å². The van der Waals surface area contributed by atoms with Crippen LogP contribution in [0.15, 0.2) is 59.9 Å². The Hall–Kier alpha value is -3.15. The van der Waals surface area contributed by atoms with Crippen molar-refractivity contribution in [1.29, 1.82) is 0 Å². The van der Waals surface area contributed by atoms with Crippen molar-refractivity contribution < 1.29 is 4.79 Å². The zero-order valence-corrected chi connectivity index (χ0v) is 12.0. The average molecular weight is 293 g/mol. The Morgan fingerprint density at radius 2 is 2.00 bits per heavy atom. The third kappa shape index (κ3) is 2.80. The summed E-state index contributed by atoms with van der Waals surface area (Å²) in [4.78, 5) is 20.4. The normalized spacial score (nSPS) is 11.6. The van der Waals surface area contributed by atoms with Crippen LogP contribution in [0.3, 0.4) is 0 Å². The van der Waals surface area contributed by atoms with Crippen LogP contribution in [0, 0.1) is 0 Å². The van der Waals surface area contributed by atoms with Gasteiger partial charge >= 0.3 is 0 Å². The van der Waals surface area contributed by atoms with Gasteiger partial charge < -0.3 is 10.3 Å². The average Bonchev–Trinajstić information content (AvgIpc) is 2.89. The molecular formula is C16H15N5O. The summed E-state index contributed by atoms with van der Waals surface area (Å²) in [7, 11) is 1.91. The van der Waals surface area contributed by atoms with E-state index >= 15 is 0 Å². The minimum atomic E-state index is -0.288. The molecule has 0 saturated carbocycles. The number of nitrogens with two attached hydrogens (primary N) is 1. The number of carbonyl (C=O) groups excluding carboxylic acids is 1. The molecular weight excluding hydrogens is 278 g/mol. The Bertz CT molecular complexity index is 851. The van der Waals surface area contributed by atoms with Crippen LogP contribution in [0.4, 0.5) is 5.69 Å². The van der Waals surface area contributed by atoms with E-state index in [0.29, 0.717) is 11.3 Å². The number of imidazole rings is 1. The molecule has 0 saturated heterocycles. The maximum atomic E-state index is 12.0. The van der Waals surface area contributed by atoms with E-state index in [4.69, 9.17) is 5.73 Å². The SMILES string of the molecule is Cn1cnc2ccc(N=C(N)NC(=O)c3ccccc3)cc21. The molecule has 2 aromatic carbocycles. The molecule has 0 radical (unpaired) electrons. The molecule has 0 bridgehead atoms. The smallest absolute Gasteiger partial charge is 0.257 e. The van der Waals surface area contributed by atoms with E-state index in [1.165, 1.54) is 0 Å². The van der Waals surface area contributed by atoms with Gasteiger partial charge in [-0.3, -0.25) is 10.1 Å². The lowest BCUT2D eigenvalue weighted by Crippen LogP contribution is -2.36. The van der Waals surface area contributed by atoms with E-state index in [-0.39, 0.29) is 11.9 Å². The number of benzene rings is 2. The molecule has 3 N–H and O–H groups in total. The van der Waals surface area contributed by atoms with Gasteiger partial charge in [0.1, 0.15) is 0 Å². The highest BCUT2D eigenvalue weighted by atomic mass is 16.1. The highest BCUT2D eigenvalue weighted by Crippen LogP contribution is 2.19. The summed E-state index contributed by atoms with van der Waals surface area (Å²) in [5.41, 5.74) is 8.81. The Morgan fingerprint density at radius 1 is 1.23 bits per heavy atom. The van der Waals surface area contributed by atoms with E-state index in [2.05, 4.69) is 15.3 Å². The van der Waals surface area contributed by atoms with Crippen molar-refractivity contribution in [2.75, 3.05) is 0 Å². The first-order valence-corrected chi connectivity index (χ1v) is 6.75. The molecule has 0 atom stereocenters. The molecule has 0 unspecified atom stereocenters. The van der Waals surface area contributed by atoms with E-state index in [0.717, 1.165) is 11.0 Å². The summed E-state index contributed by atoms with van der Waals surface area (Å²) in [5.74, 6) is -0.237. The van der Waals surface area contributed by atoms with E-state index in [1.54, 1.807) is 36.7 Å². The van der Waals surface area contributed by atoms with Gasteiger partial charge in [0.2, 0.25) is 5.96 Å². The van der Waals surface area contributed by atoms with Crippen LogP contribution < -0.4 is 11.1 Å². The van der Waals surface area contributed by atoms with Gasteiger partial charge in [0, 0.05) is 12.6 Å². The lowest BCUT2D eigenvalue weighted by atomic mass is 10.2. The Balaban J connectivity index is 1.81. The van der Waals surface area contributed by atoms with Gasteiger partial charge in [-0.2, -0.15) is 0 Å². The first-order valence-electron chi connectivity index (χ1n) is 6.75. The molecule has 22 heavy (non-hydrogen) atoms. The Morgan fingerprint density at radius 3 is 2.77 bits per heavy atom. The van der Waals surface area contributed by atoms with Crippen molar-refractivity contribution >= 4 is 28.6 Å². The second-order valence-electron chi connectivity index (χ2n) is 4.85. The molecule has 1 aromatic heterocycles. The van der Waals surface area contributed by atoms with Crippen molar-refractivity contribution in [2.24, 2.45) is 17.8 Å². The molecule has 3 rings (SSSR count). The van der Waals surface area contributed by atoms with E-state index in [1.807, 2.05) is 29.8 Å². The van der Waals surface area contributed by atoms with Crippen LogP contribution in [0.1, 0.15) is 10.4 Å². The van der Waals surface area contributed by atoms with Crippen molar-refractivity contribution in [3.05, 3.63) is 60.4 Å². The largest absolute Gasteiger partial charge is 0.369 e. The summed E-state index contributed by atoms with van der Waals surface area (Å²) < 4.78 is 1.90. The molecule has 0 aliphatic rings. The summed E-state index contributed by atoms with van der Waals surface area (Å²) in [6.07, 6.45) is 1.73. The van der Waals surface area contributed by atoms with Crippen LogP contribution in [0.5, 0.6) is 0 Å². The molecule has 6 nitrogen and oxygen atoms in total. The first-order chi connectivity index (χ1) is 10.6. The summed E-state index contributed by atoms with van der Waals surface area (Å²) >= 11 is 0. The number of amides is 1. The van der Waals surface area contributed by atoms with Crippen molar-refractivity contribution in [1.82, 2.24) is 14.9 Å². The van der Waals surface area contributed by atoms with Crippen molar-refractivity contribution in [3.63, 3.8) is 0 Å². The lowest BCUT2D eigenvalue weighted by Gasteiger charge is -2.04. The second-order valence-corrected chi connectivity index (χ2v) is 4.85. The van der Waals surface area contributed by atoms with Crippen LogP contribution in [-0.4, -0.2) is 21.4 Å². The molecule has 1 amide bonds. The molecule has 110 valence electrons.